The van der Waals surface area contributed by atoms with Gasteiger partial charge in [-0.3, -0.25) is 0 Å². The summed E-state index contributed by atoms with van der Waals surface area (Å²) in [6.07, 6.45) is 2.93. The molecule has 1 aromatic rings. The van der Waals surface area contributed by atoms with E-state index in [1.807, 2.05) is 42.3 Å². The second-order valence-corrected chi connectivity index (χ2v) is 5.87. The second-order valence-electron chi connectivity index (χ2n) is 5.87. The highest BCUT2D eigenvalue weighted by molar-refractivity contribution is 5.68. The Morgan fingerprint density at radius 2 is 2.14 bits per heavy atom. The maximum Gasteiger partial charge on any atom is 0.410 e. The van der Waals surface area contributed by atoms with E-state index in [1.165, 1.54) is 0 Å². The van der Waals surface area contributed by atoms with Crippen molar-refractivity contribution in [3.8, 4) is 0 Å². The first kappa shape index (κ1) is 16.8. The summed E-state index contributed by atoms with van der Waals surface area (Å²) < 4.78 is 5.46. The predicted molar refractivity (Wildman–Crippen MR) is 85.6 cm³/mol. The van der Waals surface area contributed by atoms with Crippen LogP contribution in [0.1, 0.15) is 24.8 Å². The fourth-order valence-electron chi connectivity index (χ4n) is 2.85. The number of benzene rings is 1. The van der Waals surface area contributed by atoms with Crippen LogP contribution in [0.15, 0.2) is 30.3 Å². The molecule has 22 heavy (non-hydrogen) atoms. The number of hydrogen-bond acceptors (Lipinski definition) is 4. The van der Waals surface area contributed by atoms with Crippen molar-refractivity contribution < 1.29 is 14.6 Å². The van der Waals surface area contributed by atoms with Crippen LogP contribution in [0.3, 0.4) is 0 Å². The molecule has 1 N–H and O–H groups in total. The van der Waals surface area contributed by atoms with Crippen LogP contribution in [0.25, 0.3) is 0 Å². The lowest BCUT2D eigenvalue weighted by Gasteiger charge is -2.37. The monoisotopic (exact) mass is 306 g/mol. The first-order chi connectivity index (χ1) is 10.7. The Balaban J connectivity index is 1.87. The smallest absolute Gasteiger partial charge is 0.410 e. The van der Waals surface area contributed by atoms with E-state index in [4.69, 9.17) is 9.84 Å². The maximum atomic E-state index is 12.4. The molecule has 1 amide bonds. The van der Waals surface area contributed by atoms with E-state index in [2.05, 4.69) is 4.90 Å². The Labute approximate surface area is 132 Å². The van der Waals surface area contributed by atoms with Crippen molar-refractivity contribution in [3.63, 3.8) is 0 Å². The molecule has 1 aromatic carbocycles. The quantitative estimate of drug-likeness (QED) is 0.874. The van der Waals surface area contributed by atoms with Crippen LogP contribution in [0, 0.1) is 0 Å². The van der Waals surface area contributed by atoms with Gasteiger partial charge in [0.1, 0.15) is 6.61 Å². The summed E-state index contributed by atoms with van der Waals surface area (Å²) in [5.74, 6) is 0. The average Bonchev–Trinajstić information content (AvgIpc) is 2.54. The molecule has 1 atom stereocenters. The highest BCUT2D eigenvalue weighted by Crippen LogP contribution is 2.19. The van der Waals surface area contributed by atoms with Gasteiger partial charge in [0.25, 0.3) is 0 Å². The normalized spacial score (nSPS) is 18.5. The highest BCUT2D eigenvalue weighted by Gasteiger charge is 2.28. The number of aliphatic hydroxyl groups excluding tert-OH is 1. The molecule has 122 valence electrons. The van der Waals surface area contributed by atoms with E-state index in [9.17, 15) is 4.79 Å². The van der Waals surface area contributed by atoms with Gasteiger partial charge < -0.3 is 19.6 Å². The van der Waals surface area contributed by atoms with Gasteiger partial charge in [0.2, 0.25) is 0 Å². The zero-order valence-electron chi connectivity index (χ0n) is 13.3. The lowest BCUT2D eigenvalue weighted by molar-refractivity contribution is 0.0575. The summed E-state index contributed by atoms with van der Waals surface area (Å²) in [6.45, 7) is 2.62. The molecule has 0 radical (unpaired) electrons. The Bertz CT molecular complexity index is 452. The van der Waals surface area contributed by atoms with Crippen LogP contribution in [0.2, 0.25) is 0 Å². The zero-order valence-corrected chi connectivity index (χ0v) is 13.3. The number of carbonyl (C=O) groups excluding carboxylic acids is 1. The van der Waals surface area contributed by atoms with E-state index in [-0.39, 0.29) is 18.7 Å². The van der Waals surface area contributed by atoms with Crippen molar-refractivity contribution in [2.24, 2.45) is 0 Å². The number of piperidine rings is 1. The van der Waals surface area contributed by atoms with Crippen LogP contribution in [-0.4, -0.2) is 60.3 Å². The molecule has 1 unspecified atom stereocenters. The average molecular weight is 306 g/mol. The van der Waals surface area contributed by atoms with Crippen molar-refractivity contribution in [1.82, 2.24) is 9.80 Å². The lowest BCUT2D eigenvalue weighted by Crippen LogP contribution is -2.49. The molecule has 0 aliphatic carbocycles. The number of aliphatic hydroxyl groups is 1. The molecule has 0 spiro atoms. The number of nitrogens with zero attached hydrogens (tertiary/aromatic N) is 2. The minimum atomic E-state index is -0.231. The molecular weight excluding hydrogens is 280 g/mol. The van der Waals surface area contributed by atoms with Crippen LogP contribution >= 0.6 is 0 Å². The van der Waals surface area contributed by atoms with E-state index in [1.54, 1.807) is 0 Å². The van der Waals surface area contributed by atoms with Crippen LogP contribution < -0.4 is 0 Å². The molecule has 5 nitrogen and oxygen atoms in total. The Morgan fingerprint density at radius 1 is 1.36 bits per heavy atom. The van der Waals surface area contributed by atoms with Crippen molar-refractivity contribution >= 4 is 6.09 Å². The van der Waals surface area contributed by atoms with Gasteiger partial charge in [0.15, 0.2) is 0 Å². The molecule has 1 heterocycles. The number of carbonyl (C=O) groups is 1. The van der Waals surface area contributed by atoms with E-state index < -0.39 is 0 Å². The zero-order chi connectivity index (χ0) is 15.8. The van der Waals surface area contributed by atoms with E-state index in [0.717, 1.165) is 37.9 Å². The largest absolute Gasteiger partial charge is 0.445 e. The van der Waals surface area contributed by atoms with Crippen LogP contribution in [0.4, 0.5) is 4.79 Å². The summed E-state index contributed by atoms with van der Waals surface area (Å²) in [6, 6.07) is 9.91. The summed E-state index contributed by atoms with van der Waals surface area (Å²) in [4.78, 5) is 16.3. The topological polar surface area (TPSA) is 53.0 Å². The van der Waals surface area contributed by atoms with Crippen molar-refractivity contribution in [1.29, 1.82) is 0 Å². The van der Waals surface area contributed by atoms with Gasteiger partial charge in [0, 0.05) is 25.7 Å². The van der Waals surface area contributed by atoms with Crippen molar-refractivity contribution in [3.05, 3.63) is 35.9 Å². The number of likely N-dealkylation sites (N-methyl/N-ethyl adjacent to an activating group) is 1. The molecule has 1 aliphatic rings. The molecule has 5 heteroatoms. The molecule has 0 saturated carbocycles. The van der Waals surface area contributed by atoms with Crippen LogP contribution in [-0.2, 0) is 11.3 Å². The van der Waals surface area contributed by atoms with Gasteiger partial charge in [-0.15, -0.1) is 0 Å². The van der Waals surface area contributed by atoms with Gasteiger partial charge in [-0.05, 0) is 31.9 Å². The standard InChI is InChI=1S/C17H26N2O3/c1-18(11-12-20)13-16-9-5-6-10-19(16)17(21)22-14-15-7-3-2-4-8-15/h2-4,7-8,16,20H,5-6,9-14H2,1H3. The molecule has 0 aromatic heterocycles. The number of hydrogen-bond donors (Lipinski definition) is 1. The minimum absolute atomic E-state index is 0.141. The summed E-state index contributed by atoms with van der Waals surface area (Å²) >= 11 is 0. The Kier molecular flexibility index (Phi) is 6.68. The van der Waals surface area contributed by atoms with Gasteiger partial charge in [-0.25, -0.2) is 4.79 Å². The van der Waals surface area contributed by atoms with E-state index in [0.29, 0.717) is 13.2 Å². The molecule has 0 bridgehead atoms. The maximum absolute atomic E-state index is 12.4. The number of rotatable bonds is 6. The molecule has 1 saturated heterocycles. The number of likely N-dealkylation sites (tertiary alicyclic amines) is 1. The first-order valence-corrected chi connectivity index (χ1v) is 7.97. The number of ether oxygens (including phenoxy) is 1. The molecule has 1 fully saturated rings. The Morgan fingerprint density at radius 3 is 2.86 bits per heavy atom. The third-order valence-electron chi connectivity index (χ3n) is 4.07. The SMILES string of the molecule is CN(CCO)CC1CCCCN1C(=O)OCc1ccccc1. The second kappa shape index (κ2) is 8.76. The van der Waals surface area contributed by atoms with Gasteiger partial charge >= 0.3 is 6.09 Å². The molecular formula is C17H26N2O3. The van der Waals surface area contributed by atoms with Crippen molar-refractivity contribution in [2.45, 2.75) is 31.9 Å². The van der Waals surface area contributed by atoms with Gasteiger partial charge in [0.05, 0.1) is 6.61 Å². The third kappa shape index (κ3) is 5.00. The first-order valence-electron chi connectivity index (χ1n) is 7.97. The van der Waals surface area contributed by atoms with Crippen LogP contribution in [0.5, 0.6) is 0 Å². The number of amides is 1. The van der Waals surface area contributed by atoms with Gasteiger partial charge in [-0.2, -0.15) is 0 Å². The fourth-order valence-corrected chi connectivity index (χ4v) is 2.85. The highest BCUT2D eigenvalue weighted by atomic mass is 16.6. The summed E-state index contributed by atoms with van der Waals surface area (Å²) in [7, 11) is 1.97. The third-order valence-corrected chi connectivity index (χ3v) is 4.07. The molecule has 1 aliphatic heterocycles. The lowest BCUT2D eigenvalue weighted by atomic mass is 10.0. The fraction of sp³-hybridized carbons (Fsp3) is 0.588. The minimum Gasteiger partial charge on any atom is -0.445 e. The Hall–Kier alpha value is -1.59. The summed E-state index contributed by atoms with van der Waals surface area (Å²) in [5.41, 5.74) is 1.00. The molecule has 2 rings (SSSR count). The van der Waals surface area contributed by atoms with Crippen molar-refractivity contribution in [2.75, 3.05) is 33.3 Å². The summed E-state index contributed by atoms with van der Waals surface area (Å²) in [5, 5.41) is 9.00. The predicted octanol–water partition coefficient (Wildman–Crippen LogP) is 2.10. The van der Waals surface area contributed by atoms with Gasteiger partial charge in [-0.1, -0.05) is 30.3 Å². The van der Waals surface area contributed by atoms with E-state index >= 15 is 0 Å².